The molecule has 0 fully saturated rings. The van der Waals surface area contributed by atoms with Gasteiger partial charge in [0.2, 0.25) is 0 Å². The fourth-order valence-corrected chi connectivity index (χ4v) is 2.88. The summed E-state index contributed by atoms with van der Waals surface area (Å²) in [7, 11) is 0. The molecule has 2 aromatic rings. The van der Waals surface area contributed by atoms with Gasteiger partial charge in [-0.2, -0.15) is 0 Å². The van der Waals surface area contributed by atoms with Crippen LogP contribution in [0.25, 0.3) is 11.4 Å². The topological polar surface area (TPSA) is 52.1 Å². The second-order valence-electron chi connectivity index (χ2n) is 7.20. The van der Waals surface area contributed by atoms with E-state index in [0.717, 1.165) is 36.9 Å². The molecule has 1 atom stereocenters. The molecule has 0 radical (unpaired) electrons. The van der Waals surface area contributed by atoms with Crippen molar-refractivity contribution < 1.29 is 9.53 Å². The molecule has 0 amide bonds. The Morgan fingerprint density at radius 2 is 1.93 bits per heavy atom. The van der Waals surface area contributed by atoms with E-state index in [1.807, 2.05) is 30.3 Å². The molecule has 0 aliphatic heterocycles. The number of nitrogens with zero attached hydrogens (tertiary/aromatic N) is 2. The van der Waals surface area contributed by atoms with Crippen molar-refractivity contribution in [1.29, 1.82) is 0 Å². The second kappa shape index (κ2) is 11.5. The van der Waals surface area contributed by atoms with Crippen LogP contribution in [0.4, 0.5) is 0 Å². The van der Waals surface area contributed by atoms with Crippen molar-refractivity contribution in [3.63, 3.8) is 0 Å². The predicted molar refractivity (Wildman–Crippen MR) is 110 cm³/mol. The highest BCUT2D eigenvalue weighted by atomic mass is 16.5. The third-order valence-corrected chi connectivity index (χ3v) is 4.89. The Morgan fingerprint density at radius 1 is 1.11 bits per heavy atom. The molecule has 1 unspecified atom stereocenters. The molecule has 4 heteroatoms. The Kier molecular flexibility index (Phi) is 8.96. The van der Waals surface area contributed by atoms with Crippen molar-refractivity contribution in [2.24, 2.45) is 5.92 Å². The Bertz CT molecular complexity index is 715. The SMILES string of the molecule is CCCCCCc1ccnc(-c2ccccc2OC(=O)CCC(C)CC)n1. The molecule has 2 rings (SSSR count). The van der Waals surface area contributed by atoms with Crippen molar-refractivity contribution in [1.82, 2.24) is 9.97 Å². The van der Waals surface area contributed by atoms with Crippen molar-refractivity contribution in [2.75, 3.05) is 0 Å². The van der Waals surface area contributed by atoms with Crippen molar-refractivity contribution in [2.45, 2.75) is 72.1 Å². The number of unbranched alkanes of at least 4 members (excludes halogenated alkanes) is 3. The third-order valence-electron chi connectivity index (χ3n) is 4.89. The Morgan fingerprint density at radius 3 is 2.70 bits per heavy atom. The van der Waals surface area contributed by atoms with Gasteiger partial charge in [0.15, 0.2) is 5.82 Å². The summed E-state index contributed by atoms with van der Waals surface area (Å²) < 4.78 is 5.63. The van der Waals surface area contributed by atoms with Crippen LogP contribution in [0, 0.1) is 5.92 Å². The molecule has 0 N–H and O–H groups in total. The van der Waals surface area contributed by atoms with E-state index in [1.54, 1.807) is 6.20 Å². The van der Waals surface area contributed by atoms with Crippen LogP contribution in [0.2, 0.25) is 0 Å². The molecule has 1 aromatic carbocycles. The lowest BCUT2D eigenvalue weighted by molar-refractivity contribution is -0.134. The smallest absolute Gasteiger partial charge is 0.311 e. The Hall–Kier alpha value is -2.23. The molecule has 0 saturated carbocycles. The number of aromatic nitrogens is 2. The van der Waals surface area contributed by atoms with Gasteiger partial charge in [-0.25, -0.2) is 9.97 Å². The summed E-state index contributed by atoms with van der Waals surface area (Å²) in [6, 6.07) is 9.48. The van der Waals surface area contributed by atoms with E-state index in [4.69, 9.17) is 9.72 Å². The van der Waals surface area contributed by atoms with Gasteiger partial charge in [-0.05, 0) is 43.4 Å². The summed E-state index contributed by atoms with van der Waals surface area (Å²) in [4.78, 5) is 21.3. The van der Waals surface area contributed by atoms with E-state index < -0.39 is 0 Å². The lowest BCUT2D eigenvalue weighted by Crippen LogP contribution is -2.10. The quantitative estimate of drug-likeness (QED) is 0.277. The second-order valence-corrected chi connectivity index (χ2v) is 7.20. The van der Waals surface area contributed by atoms with E-state index in [1.165, 1.54) is 19.3 Å². The summed E-state index contributed by atoms with van der Waals surface area (Å²) in [5.74, 6) is 1.49. The van der Waals surface area contributed by atoms with Crippen molar-refractivity contribution in [3.05, 3.63) is 42.2 Å². The average molecular weight is 369 g/mol. The molecule has 0 saturated heterocycles. The molecule has 4 nitrogen and oxygen atoms in total. The van der Waals surface area contributed by atoms with Gasteiger partial charge in [0.25, 0.3) is 0 Å². The Balaban J connectivity index is 2.07. The number of aryl methyl sites for hydroxylation is 1. The molecule has 1 aromatic heterocycles. The lowest BCUT2D eigenvalue weighted by Gasteiger charge is -2.11. The molecule has 0 aliphatic rings. The average Bonchev–Trinajstić information content (AvgIpc) is 2.70. The van der Waals surface area contributed by atoms with E-state index in [9.17, 15) is 4.79 Å². The summed E-state index contributed by atoms with van der Waals surface area (Å²) in [6.07, 6.45) is 9.94. The number of para-hydroxylation sites is 1. The molecular formula is C23H32N2O2. The van der Waals surface area contributed by atoms with Gasteiger partial charge in [0.1, 0.15) is 5.75 Å². The fourth-order valence-electron chi connectivity index (χ4n) is 2.88. The van der Waals surface area contributed by atoms with Crippen LogP contribution in [0.15, 0.2) is 36.5 Å². The molecule has 0 bridgehead atoms. The number of ether oxygens (including phenoxy) is 1. The number of carbonyl (C=O) groups excluding carboxylic acids is 1. The van der Waals surface area contributed by atoms with E-state index in [-0.39, 0.29) is 5.97 Å². The zero-order valence-electron chi connectivity index (χ0n) is 16.9. The molecule has 146 valence electrons. The third kappa shape index (κ3) is 7.12. The minimum absolute atomic E-state index is 0.196. The van der Waals surface area contributed by atoms with Gasteiger partial charge in [0, 0.05) is 18.3 Å². The van der Waals surface area contributed by atoms with Crippen LogP contribution >= 0.6 is 0 Å². The molecule has 0 spiro atoms. The minimum atomic E-state index is -0.196. The largest absolute Gasteiger partial charge is 0.426 e. The number of rotatable bonds is 11. The predicted octanol–water partition coefficient (Wildman–Crippen LogP) is 6.00. The maximum atomic E-state index is 12.2. The highest BCUT2D eigenvalue weighted by Gasteiger charge is 2.14. The molecule has 27 heavy (non-hydrogen) atoms. The number of esters is 1. The first-order valence-corrected chi connectivity index (χ1v) is 10.3. The van der Waals surface area contributed by atoms with Crippen LogP contribution < -0.4 is 4.74 Å². The van der Waals surface area contributed by atoms with Crippen LogP contribution in [0.5, 0.6) is 5.75 Å². The van der Waals surface area contributed by atoms with Crippen LogP contribution in [0.1, 0.15) is 71.4 Å². The number of benzene rings is 1. The van der Waals surface area contributed by atoms with Gasteiger partial charge in [-0.3, -0.25) is 4.79 Å². The van der Waals surface area contributed by atoms with E-state index in [0.29, 0.717) is 23.9 Å². The highest BCUT2D eigenvalue weighted by Crippen LogP contribution is 2.28. The van der Waals surface area contributed by atoms with Gasteiger partial charge < -0.3 is 4.74 Å². The number of hydrogen-bond donors (Lipinski definition) is 0. The van der Waals surface area contributed by atoms with Crippen molar-refractivity contribution in [3.8, 4) is 17.1 Å². The van der Waals surface area contributed by atoms with E-state index in [2.05, 4.69) is 25.8 Å². The summed E-state index contributed by atoms with van der Waals surface area (Å²) in [5.41, 5.74) is 1.80. The van der Waals surface area contributed by atoms with Gasteiger partial charge >= 0.3 is 5.97 Å². The molecule has 0 aliphatic carbocycles. The van der Waals surface area contributed by atoms with Crippen LogP contribution in [0.3, 0.4) is 0 Å². The number of hydrogen-bond acceptors (Lipinski definition) is 4. The van der Waals surface area contributed by atoms with Crippen molar-refractivity contribution >= 4 is 5.97 Å². The maximum Gasteiger partial charge on any atom is 0.311 e. The fraction of sp³-hybridized carbons (Fsp3) is 0.522. The van der Waals surface area contributed by atoms with E-state index >= 15 is 0 Å². The standard InChI is InChI=1S/C23H32N2O2/c1-4-6-7-8-11-19-16-17-24-23(25-19)20-12-9-10-13-21(20)27-22(26)15-14-18(3)5-2/h9-10,12-13,16-18H,4-8,11,14-15H2,1-3H3. The van der Waals surface area contributed by atoms with Gasteiger partial charge in [0.05, 0.1) is 5.56 Å². The minimum Gasteiger partial charge on any atom is -0.426 e. The highest BCUT2D eigenvalue weighted by molar-refractivity contribution is 5.76. The summed E-state index contributed by atoms with van der Waals surface area (Å²) in [6.45, 7) is 6.50. The summed E-state index contributed by atoms with van der Waals surface area (Å²) >= 11 is 0. The number of carbonyl (C=O) groups is 1. The molecular weight excluding hydrogens is 336 g/mol. The summed E-state index contributed by atoms with van der Waals surface area (Å²) in [5, 5.41) is 0. The maximum absolute atomic E-state index is 12.2. The first-order chi connectivity index (χ1) is 13.1. The molecule has 1 heterocycles. The lowest BCUT2D eigenvalue weighted by atomic mass is 10.0. The normalized spacial score (nSPS) is 12.0. The monoisotopic (exact) mass is 368 g/mol. The van der Waals surface area contributed by atoms with Gasteiger partial charge in [-0.1, -0.05) is 58.6 Å². The zero-order valence-corrected chi connectivity index (χ0v) is 16.9. The first-order valence-electron chi connectivity index (χ1n) is 10.3. The zero-order chi connectivity index (χ0) is 19.5. The van der Waals surface area contributed by atoms with Gasteiger partial charge in [-0.15, -0.1) is 0 Å². The van der Waals surface area contributed by atoms with Crippen LogP contribution in [-0.4, -0.2) is 15.9 Å². The Labute approximate surface area is 163 Å². The van der Waals surface area contributed by atoms with Crippen LogP contribution in [-0.2, 0) is 11.2 Å². The first kappa shape index (κ1) is 21.1.